The van der Waals surface area contributed by atoms with Gasteiger partial charge in [-0.3, -0.25) is 16.0 Å². The summed E-state index contributed by atoms with van der Waals surface area (Å²) in [5.41, 5.74) is 3.53. The highest BCUT2D eigenvalue weighted by atomic mass is 32.2. The van der Waals surface area contributed by atoms with Gasteiger partial charge in [0.05, 0.1) is 22.7 Å². The fraction of sp³-hybridized carbons (Fsp3) is 0.750. The van der Waals surface area contributed by atoms with Crippen LogP contribution in [0.4, 0.5) is 0 Å². The van der Waals surface area contributed by atoms with Crippen molar-refractivity contribution in [2.24, 2.45) is 5.84 Å². The standard InChI is InChI=1S/C12H22N4O2S/c1-9(2)16-10(6-7-14-16)12(15-13)11-5-3-4-8-19(11,17)18/h6-7,9,11-12,15H,3-5,8,13H2,1-2H3. The van der Waals surface area contributed by atoms with Crippen LogP contribution in [0.2, 0.25) is 0 Å². The zero-order valence-electron chi connectivity index (χ0n) is 11.4. The number of aromatic nitrogens is 2. The molecule has 0 aliphatic carbocycles. The molecule has 0 bridgehead atoms. The second-order valence-electron chi connectivity index (χ2n) is 5.34. The predicted octanol–water partition coefficient (Wildman–Crippen LogP) is 0.936. The molecule has 0 aromatic carbocycles. The summed E-state index contributed by atoms with van der Waals surface area (Å²) in [4.78, 5) is 0. The molecule has 2 heterocycles. The summed E-state index contributed by atoms with van der Waals surface area (Å²) in [6.45, 7) is 4.03. The van der Waals surface area contributed by atoms with E-state index in [1.807, 2.05) is 24.6 Å². The van der Waals surface area contributed by atoms with Crippen molar-refractivity contribution in [3.63, 3.8) is 0 Å². The first kappa shape index (κ1) is 14.5. The second-order valence-corrected chi connectivity index (χ2v) is 7.68. The van der Waals surface area contributed by atoms with E-state index in [-0.39, 0.29) is 11.8 Å². The lowest BCUT2D eigenvalue weighted by Crippen LogP contribution is -2.44. The Bertz CT molecular complexity index is 524. The van der Waals surface area contributed by atoms with E-state index in [1.165, 1.54) is 0 Å². The van der Waals surface area contributed by atoms with Crippen LogP contribution < -0.4 is 11.3 Å². The maximum Gasteiger partial charge on any atom is 0.155 e. The Morgan fingerprint density at radius 2 is 2.21 bits per heavy atom. The van der Waals surface area contributed by atoms with Gasteiger partial charge in [0.25, 0.3) is 0 Å². The summed E-state index contributed by atoms with van der Waals surface area (Å²) in [6.07, 6.45) is 4.02. The lowest BCUT2D eigenvalue weighted by Gasteiger charge is -2.30. The number of hydrazine groups is 1. The minimum atomic E-state index is -3.09. The van der Waals surface area contributed by atoms with Crippen LogP contribution in [0.15, 0.2) is 12.3 Å². The van der Waals surface area contributed by atoms with Gasteiger partial charge in [0.2, 0.25) is 0 Å². The van der Waals surface area contributed by atoms with E-state index in [2.05, 4.69) is 10.5 Å². The lowest BCUT2D eigenvalue weighted by atomic mass is 10.0. The number of hydrogen-bond acceptors (Lipinski definition) is 5. The van der Waals surface area contributed by atoms with Crippen molar-refractivity contribution in [2.75, 3.05) is 5.75 Å². The van der Waals surface area contributed by atoms with Crippen LogP contribution in [0.1, 0.15) is 50.9 Å². The van der Waals surface area contributed by atoms with Crippen molar-refractivity contribution in [2.45, 2.75) is 50.4 Å². The third kappa shape index (κ3) is 2.82. The van der Waals surface area contributed by atoms with Gasteiger partial charge < -0.3 is 0 Å². The van der Waals surface area contributed by atoms with Gasteiger partial charge in [-0.15, -0.1) is 0 Å². The summed E-state index contributed by atoms with van der Waals surface area (Å²) in [5, 5.41) is 3.80. The molecule has 0 saturated carbocycles. The normalized spacial score (nSPS) is 24.5. The van der Waals surface area contributed by atoms with Gasteiger partial charge in [0, 0.05) is 12.2 Å². The number of hydrogen-bond donors (Lipinski definition) is 2. The molecule has 2 rings (SSSR count). The number of nitrogens with two attached hydrogens (primary N) is 1. The first-order valence-corrected chi connectivity index (χ1v) is 8.40. The van der Waals surface area contributed by atoms with Gasteiger partial charge >= 0.3 is 0 Å². The Morgan fingerprint density at radius 3 is 2.79 bits per heavy atom. The Morgan fingerprint density at radius 1 is 1.47 bits per heavy atom. The average molecular weight is 286 g/mol. The highest BCUT2D eigenvalue weighted by molar-refractivity contribution is 7.92. The molecule has 1 aliphatic heterocycles. The first-order chi connectivity index (χ1) is 8.97. The summed E-state index contributed by atoms with van der Waals surface area (Å²) in [5.74, 6) is 5.89. The van der Waals surface area contributed by atoms with Crippen molar-refractivity contribution < 1.29 is 8.42 Å². The SMILES string of the molecule is CC(C)n1nccc1C(NN)C1CCCCS1(=O)=O. The molecule has 108 valence electrons. The quantitative estimate of drug-likeness (QED) is 0.635. The molecule has 1 aromatic rings. The largest absolute Gasteiger partial charge is 0.271 e. The molecule has 0 radical (unpaired) electrons. The van der Waals surface area contributed by atoms with E-state index in [4.69, 9.17) is 5.84 Å². The van der Waals surface area contributed by atoms with Gasteiger partial charge in [-0.05, 0) is 32.8 Å². The van der Waals surface area contributed by atoms with Gasteiger partial charge in [-0.25, -0.2) is 8.42 Å². The smallest absolute Gasteiger partial charge is 0.155 e. The molecule has 2 unspecified atom stereocenters. The number of nitrogens with zero attached hydrogens (tertiary/aromatic N) is 2. The van der Waals surface area contributed by atoms with Crippen LogP contribution in [0.3, 0.4) is 0 Å². The van der Waals surface area contributed by atoms with E-state index in [9.17, 15) is 8.42 Å². The van der Waals surface area contributed by atoms with E-state index >= 15 is 0 Å². The van der Waals surface area contributed by atoms with Crippen molar-refractivity contribution in [1.82, 2.24) is 15.2 Å². The molecule has 3 N–H and O–H groups in total. The van der Waals surface area contributed by atoms with E-state index < -0.39 is 21.1 Å². The molecule has 1 aromatic heterocycles. The summed E-state index contributed by atoms with van der Waals surface area (Å²) in [7, 11) is -3.09. The van der Waals surface area contributed by atoms with E-state index in [1.54, 1.807) is 6.20 Å². The average Bonchev–Trinajstić information content (AvgIpc) is 2.81. The fourth-order valence-corrected chi connectivity index (χ4v) is 4.81. The molecule has 1 aliphatic rings. The van der Waals surface area contributed by atoms with Gasteiger partial charge in [0.1, 0.15) is 0 Å². The Kier molecular flexibility index (Phi) is 4.27. The topological polar surface area (TPSA) is 90.0 Å². The van der Waals surface area contributed by atoms with Crippen molar-refractivity contribution in [3.05, 3.63) is 18.0 Å². The maximum atomic E-state index is 12.2. The minimum absolute atomic E-state index is 0.173. The third-order valence-electron chi connectivity index (χ3n) is 3.69. The summed E-state index contributed by atoms with van der Waals surface area (Å²) < 4.78 is 26.3. The van der Waals surface area contributed by atoms with E-state index in [0.717, 1.165) is 18.5 Å². The predicted molar refractivity (Wildman–Crippen MR) is 74.1 cm³/mol. The molecule has 2 atom stereocenters. The van der Waals surface area contributed by atoms with Crippen molar-refractivity contribution in [3.8, 4) is 0 Å². The van der Waals surface area contributed by atoms with Crippen molar-refractivity contribution in [1.29, 1.82) is 0 Å². The number of rotatable bonds is 4. The fourth-order valence-electron chi connectivity index (χ4n) is 2.74. The Balaban J connectivity index is 2.36. The maximum absolute atomic E-state index is 12.2. The van der Waals surface area contributed by atoms with Crippen LogP contribution in [0, 0.1) is 0 Å². The van der Waals surface area contributed by atoms with E-state index in [0.29, 0.717) is 6.42 Å². The summed E-state index contributed by atoms with van der Waals surface area (Å²) >= 11 is 0. The molecule has 0 amide bonds. The van der Waals surface area contributed by atoms with Crippen LogP contribution in [-0.2, 0) is 9.84 Å². The molecule has 1 fully saturated rings. The zero-order chi connectivity index (χ0) is 14.0. The molecule has 7 heteroatoms. The Hall–Kier alpha value is -0.920. The molecular weight excluding hydrogens is 264 g/mol. The molecule has 19 heavy (non-hydrogen) atoms. The highest BCUT2D eigenvalue weighted by Crippen LogP contribution is 2.31. The number of nitrogens with one attached hydrogen (secondary N) is 1. The Labute approximate surface area is 114 Å². The van der Waals surface area contributed by atoms with Gasteiger partial charge in [0.15, 0.2) is 9.84 Å². The van der Waals surface area contributed by atoms with Crippen LogP contribution in [-0.4, -0.2) is 29.2 Å². The first-order valence-electron chi connectivity index (χ1n) is 6.68. The highest BCUT2D eigenvalue weighted by Gasteiger charge is 2.37. The summed E-state index contributed by atoms with van der Waals surface area (Å²) in [6, 6.07) is 1.62. The number of sulfone groups is 1. The minimum Gasteiger partial charge on any atom is -0.271 e. The lowest BCUT2D eigenvalue weighted by molar-refractivity contribution is 0.409. The molecule has 0 spiro atoms. The monoisotopic (exact) mass is 286 g/mol. The van der Waals surface area contributed by atoms with Crippen LogP contribution >= 0.6 is 0 Å². The third-order valence-corrected chi connectivity index (χ3v) is 5.98. The van der Waals surface area contributed by atoms with Gasteiger partial charge in [-0.1, -0.05) is 6.42 Å². The molecular formula is C12H22N4O2S. The van der Waals surface area contributed by atoms with Gasteiger partial charge in [-0.2, -0.15) is 5.10 Å². The van der Waals surface area contributed by atoms with Crippen molar-refractivity contribution >= 4 is 9.84 Å². The second kappa shape index (κ2) is 5.60. The molecule has 6 nitrogen and oxygen atoms in total. The molecule has 1 saturated heterocycles. The van der Waals surface area contributed by atoms with Crippen LogP contribution in [0.5, 0.6) is 0 Å². The zero-order valence-corrected chi connectivity index (χ0v) is 12.2. The van der Waals surface area contributed by atoms with Crippen LogP contribution in [0.25, 0.3) is 0 Å².